The topological polar surface area (TPSA) is 94.2 Å². The Hall–Kier alpha value is -3.55. The van der Waals surface area contributed by atoms with Crippen molar-refractivity contribution < 1.29 is 28.6 Å². The molecule has 1 atom stereocenters. The van der Waals surface area contributed by atoms with E-state index in [4.69, 9.17) is 14.2 Å². The number of rotatable bonds is 7. The molecule has 164 valence electrons. The van der Waals surface area contributed by atoms with Gasteiger partial charge in [-0.15, -0.1) is 0 Å². The van der Waals surface area contributed by atoms with Crippen LogP contribution in [0.25, 0.3) is 0 Å². The lowest BCUT2D eigenvalue weighted by atomic mass is 10.1. The minimum atomic E-state index is -0.670. The van der Waals surface area contributed by atoms with Gasteiger partial charge in [-0.2, -0.15) is 0 Å². The van der Waals surface area contributed by atoms with Crippen LogP contribution in [0.2, 0.25) is 0 Å². The number of hydrogen-bond donors (Lipinski definition) is 1. The van der Waals surface area contributed by atoms with Crippen molar-refractivity contribution in [2.24, 2.45) is 5.92 Å². The fourth-order valence-corrected chi connectivity index (χ4v) is 3.43. The summed E-state index contributed by atoms with van der Waals surface area (Å²) in [5, 5.41) is 2.74. The van der Waals surface area contributed by atoms with Crippen LogP contribution in [0.5, 0.6) is 11.5 Å². The summed E-state index contributed by atoms with van der Waals surface area (Å²) in [5.41, 5.74) is 3.20. The molecule has 0 aliphatic carbocycles. The normalized spacial score (nSPS) is 15.5. The van der Waals surface area contributed by atoms with E-state index in [1.54, 1.807) is 24.3 Å². The van der Waals surface area contributed by atoms with Crippen molar-refractivity contribution in [2.75, 3.05) is 37.6 Å². The van der Waals surface area contributed by atoms with E-state index >= 15 is 0 Å². The molecule has 0 spiro atoms. The zero-order valence-corrected chi connectivity index (χ0v) is 18.1. The van der Waals surface area contributed by atoms with Crippen molar-refractivity contribution in [3.8, 4) is 11.5 Å². The van der Waals surface area contributed by atoms with E-state index in [1.165, 1.54) is 19.1 Å². The molecule has 1 fully saturated rings. The molecule has 2 aromatic carbocycles. The average Bonchev–Trinajstić information content (AvgIpc) is 3.16. The van der Waals surface area contributed by atoms with Gasteiger partial charge >= 0.3 is 5.97 Å². The van der Waals surface area contributed by atoms with Crippen LogP contribution >= 0.6 is 0 Å². The van der Waals surface area contributed by atoms with Crippen molar-refractivity contribution in [3.05, 3.63) is 47.5 Å². The molecule has 0 aromatic heterocycles. The van der Waals surface area contributed by atoms with Crippen molar-refractivity contribution in [1.82, 2.24) is 0 Å². The quantitative estimate of drug-likeness (QED) is 0.685. The Bertz CT molecular complexity index is 1000. The molecule has 1 heterocycles. The lowest BCUT2D eigenvalue weighted by Crippen LogP contribution is -2.28. The molecule has 0 unspecified atom stereocenters. The van der Waals surface area contributed by atoms with Gasteiger partial charge in [-0.05, 0) is 43.2 Å². The summed E-state index contributed by atoms with van der Waals surface area (Å²) in [7, 11) is 3.03. The van der Waals surface area contributed by atoms with Gasteiger partial charge in [0.2, 0.25) is 5.91 Å². The molecular formula is C23H26N2O6. The van der Waals surface area contributed by atoms with Crippen LogP contribution in [0, 0.1) is 19.8 Å². The highest BCUT2D eigenvalue weighted by Gasteiger charge is 2.37. The molecule has 1 aliphatic rings. The van der Waals surface area contributed by atoms with Crippen LogP contribution in [0.1, 0.15) is 17.5 Å². The molecule has 2 aromatic rings. The molecule has 1 N–H and O–H groups in total. The molecular weight excluding hydrogens is 400 g/mol. The third-order valence-electron chi connectivity index (χ3n) is 5.36. The number of carbonyl (C=O) groups excluding carboxylic acids is 3. The molecule has 1 saturated heterocycles. The van der Waals surface area contributed by atoms with Crippen LogP contribution < -0.4 is 19.7 Å². The number of carbonyl (C=O) groups is 3. The van der Waals surface area contributed by atoms with Gasteiger partial charge in [0, 0.05) is 24.7 Å². The van der Waals surface area contributed by atoms with E-state index in [0.717, 1.165) is 11.1 Å². The van der Waals surface area contributed by atoms with E-state index in [9.17, 15) is 14.4 Å². The molecule has 0 saturated carbocycles. The molecule has 2 amide bonds. The molecule has 0 radical (unpaired) electrons. The van der Waals surface area contributed by atoms with Crippen LogP contribution in [-0.2, 0) is 19.1 Å². The van der Waals surface area contributed by atoms with Gasteiger partial charge in [0.1, 0.15) is 11.5 Å². The Labute approximate surface area is 181 Å². The fraction of sp³-hybridized carbons (Fsp3) is 0.348. The fourth-order valence-electron chi connectivity index (χ4n) is 3.43. The Morgan fingerprint density at radius 1 is 1.13 bits per heavy atom. The average molecular weight is 426 g/mol. The molecule has 8 heteroatoms. The summed E-state index contributed by atoms with van der Waals surface area (Å²) in [6, 6.07) is 10.7. The number of benzene rings is 2. The summed E-state index contributed by atoms with van der Waals surface area (Å²) in [4.78, 5) is 38.7. The third kappa shape index (κ3) is 4.96. The van der Waals surface area contributed by atoms with Crippen LogP contribution in [0.15, 0.2) is 36.4 Å². The summed E-state index contributed by atoms with van der Waals surface area (Å²) >= 11 is 0. The Kier molecular flexibility index (Phi) is 6.79. The van der Waals surface area contributed by atoms with E-state index < -0.39 is 24.4 Å². The number of nitrogens with zero attached hydrogens (tertiary/aromatic N) is 1. The predicted molar refractivity (Wildman–Crippen MR) is 116 cm³/mol. The number of nitrogens with one attached hydrogen (secondary N) is 1. The van der Waals surface area contributed by atoms with Gasteiger partial charge in [-0.25, -0.2) is 0 Å². The number of amides is 2. The maximum atomic E-state index is 12.5. The first kappa shape index (κ1) is 22.1. The van der Waals surface area contributed by atoms with Gasteiger partial charge in [0.05, 0.1) is 25.8 Å². The van der Waals surface area contributed by atoms with Gasteiger partial charge < -0.3 is 24.4 Å². The number of anilines is 2. The smallest absolute Gasteiger partial charge is 0.311 e. The van der Waals surface area contributed by atoms with Crippen molar-refractivity contribution >= 4 is 29.2 Å². The van der Waals surface area contributed by atoms with Crippen molar-refractivity contribution in [2.45, 2.75) is 20.3 Å². The Morgan fingerprint density at radius 3 is 2.61 bits per heavy atom. The van der Waals surface area contributed by atoms with Crippen molar-refractivity contribution in [3.63, 3.8) is 0 Å². The lowest BCUT2D eigenvalue weighted by molar-refractivity contribution is -0.151. The van der Waals surface area contributed by atoms with Crippen LogP contribution in [-0.4, -0.2) is 45.2 Å². The Balaban J connectivity index is 1.60. The van der Waals surface area contributed by atoms with Crippen LogP contribution in [0.4, 0.5) is 11.4 Å². The van der Waals surface area contributed by atoms with Crippen LogP contribution in [0.3, 0.4) is 0 Å². The van der Waals surface area contributed by atoms with E-state index in [0.29, 0.717) is 22.9 Å². The first-order valence-electron chi connectivity index (χ1n) is 9.89. The lowest BCUT2D eigenvalue weighted by Gasteiger charge is -2.20. The Morgan fingerprint density at radius 2 is 1.90 bits per heavy atom. The maximum Gasteiger partial charge on any atom is 0.311 e. The van der Waals surface area contributed by atoms with Gasteiger partial charge in [-0.1, -0.05) is 12.1 Å². The van der Waals surface area contributed by atoms with Gasteiger partial charge in [0.15, 0.2) is 6.61 Å². The number of aryl methyl sites for hydroxylation is 1. The predicted octanol–water partition coefficient (Wildman–Crippen LogP) is 2.86. The summed E-state index contributed by atoms with van der Waals surface area (Å²) in [6.07, 6.45) is -0.00218. The monoisotopic (exact) mass is 426 g/mol. The molecule has 31 heavy (non-hydrogen) atoms. The summed E-state index contributed by atoms with van der Waals surface area (Å²) in [5.74, 6) is -0.856. The van der Waals surface area contributed by atoms with E-state index in [-0.39, 0.29) is 18.9 Å². The van der Waals surface area contributed by atoms with E-state index in [1.807, 2.05) is 26.0 Å². The second-order valence-electron chi connectivity index (χ2n) is 7.35. The highest BCUT2D eigenvalue weighted by atomic mass is 16.5. The third-order valence-corrected chi connectivity index (χ3v) is 5.36. The SMILES string of the molecule is COc1ccc(OC)c(N2C[C@H](C(=O)OCC(=O)Nc3cccc(C)c3C)CC2=O)c1. The maximum absolute atomic E-state index is 12.5. The van der Waals surface area contributed by atoms with Crippen molar-refractivity contribution in [1.29, 1.82) is 0 Å². The highest BCUT2D eigenvalue weighted by Crippen LogP contribution is 2.36. The minimum Gasteiger partial charge on any atom is -0.497 e. The molecule has 3 rings (SSSR count). The first-order chi connectivity index (χ1) is 14.8. The highest BCUT2D eigenvalue weighted by molar-refractivity contribution is 6.01. The second kappa shape index (κ2) is 9.51. The standard InChI is InChI=1S/C23H26N2O6/c1-14-6-5-7-18(15(14)2)24-21(26)13-31-23(28)16-10-22(27)25(12-16)19-11-17(29-3)8-9-20(19)30-4/h5-9,11,16H,10,12-13H2,1-4H3,(H,24,26)/t16-/m1/s1. The number of hydrogen-bond acceptors (Lipinski definition) is 6. The first-order valence-corrected chi connectivity index (χ1v) is 9.89. The second-order valence-corrected chi connectivity index (χ2v) is 7.35. The number of methoxy groups -OCH3 is 2. The zero-order valence-electron chi connectivity index (χ0n) is 18.1. The minimum absolute atomic E-state index is 0.00218. The molecule has 1 aliphatic heterocycles. The zero-order chi connectivity index (χ0) is 22.5. The summed E-state index contributed by atoms with van der Waals surface area (Å²) < 4.78 is 15.7. The van der Waals surface area contributed by atoms with E-state index in [2.05, 4.69) is 5.32 Å². The van der Waals surface area contributed by atoms with Gasteiger partial charge in [-0.3, -0.25) is 14.4 Å². The molecule has 8 nitrogen and oxygen atoms in total. The largest absolute Gasteiger partial charge is 0.497 e. The number of esters is 1. The number of ether oxygens (including phenoxy) is 3. The molecule has 0 bridgehead atoms. The summed E-state index contributed by atoms with van der Waals surface area (Å²) in [6.45, 7) is 3.58. The van der Waals surface area contributed by atoms with Gasteiger partial charge in [0.25, 0.3) is 5.91 Å².